The molecule has 2 atom stereocenters. The van der Waals surface area contributed by atoms with E-state index in [1.54, 1.807) is 6.92 Å². The highest BCUT2D eigenvalue weighted by molar-refractivity contribution is 6.49. The Bertz CT molecular complexity index is 1550. The van der Waals surface area contributed by atoms with Crippen LogP contribution in [0.25, 0.3) is 22.3 Å². The number of fused-ring (bicyclic) bond motifs is 4. The fraction of sp³-hybridized carbons (Fsp3) is 0.360. The number of nitrogens with zero attached hydrogens (tertiary/aromatic N) is 2. The number of hydrogen-bond acceptors (Lipinski definition) is 7. The lowest BCUT2D eigenvalue weighted by atomic mass is 9.64. The SMILES string of the molecule is [B]C([B])(O)C(=O)NC1CCc2c(C)c(F)cc3nc4c(c1c23)Cn1c-4cc(C(O)C=O)c(COC)c1=O. The van der Waals surface area contributed by atoms with Gasteiger partial charge in [-0.05, 0) is 42.5 Å². The lowest BCUT2D eigenvalue weighted by Crippen LogP contribution is -2.49. The third kappa shape index (κ3) is 3.91. The molecule has 2 unspecified atom stereocenters. The zero-order valence-corrected chi connectivity index (χ0v) is 20.2. The minimum absolute atomic E-state index is 0.0771. The van der Waals surface area contributed by atoms with Crippen LogP contribution in [0, 0.1) is 12.7 Å². The highest BCUT2D eigenvalue weighted by atomic mass is 19.1. The second-order valence-corrected chi connectivity index (χ2v) is 9.47. The van der Waals surface area contributed by atoms with E-state index >= 15 is 0 Å². The van der Waals surface area contributed by atoms with E-state index in [0.29, 0.717) is 58.1 Å². The predicted molar refractivity (Wildman–Crippen MR) is 133 cm³/mol. The molecule has 4 radical (unpaired) electrons. The Balaban J connectivity index is 1.81. The van der Waals surface area contributed by atoms with Gasteiger partial charge in [-0.1, -0.05) is 0 Å². The van der Waals surface area contributed by atoms with Crippen LogP contribution in [0.2, 0.25) is 0 Å². The lowest BCUT2D eigenvalue weighted by molar-refractivity contribution is -0.128. The van der Waals surface area contributed by atoms with E-state index in [2.05, 4.69) is 5.32 Å². The number of halogens is 1. The molecule has 3 heterocycles. The summed E-state index contributed by atoms with van der Waals surface area (Å²) < 4.78 is 21.4. The first kappa shape index (κ1) is 25.3. The molecule has 0 saturated heterocycles. The second kappa shape index (κ2) is 8.90. The van der Waals surface area contributed by atoms with Crippen LogP contribution in [0.3, 0.4) is 0 Å². The van der Waals surface area contributed by atoms with Crippen LogP contribution in [0.4, 0.5) is 4.39 Å². The summed E-state index contributed by atoms with van der Waals surface area (Å²) in [7, 11) is 12.2. The predicted octanol–water partition coefficient (Wildman–Crippen LogP) is 0.338. The summed E-state index contributed by atoms with van der Waals surface area (Å²) in [5.41, 5.74) is 3.19. The summed E-state index contributed by atoms with van der Waals surface area (Å²) in [6.07, 6.45) is -0.459. The summed E-state index contributed by atoms with van der Waals surface area (Å²) in [6.45, 7) is 1.62. The number of carbonyl (C=O) groups is 2. The minimum Gasteiger partial charge on any atom is -0.400 e. The summed E-state index contributed by atoms with van der Waals surface area (Å²) in [4.78, 5) is 42.1. The van der Waals surface area contributed by atoms with Crippen molar-refractivity contribution in [1.29, 1.82) is 0 Å². The molecule has 1 aliphatic heterocycles. The van der Waals surface area contributed by atoms with Crippen molar-refractivity contribution in [3.8, 4) is 11.4 Å². The number of nitrogens with one attached hydrogen (secondary N) is 1. The zero-order chi connectivity index (χ0) is 26.8. The number of aromatic nitrogens is 2. The molecule has 9 nitrogen and oxygen atoms in total. The van der Waals surface area contributed by atoms with E-state index in [1.807, 2.05) is 0 Å². The van der Waals surface area contributed by atoms with Crippen molar-refractivity contribution < 1.29 is 28.9 Å². The van der Waals surface area contributed by atoms with Crippen LogP contribution in [0.5, 0.6) is 0 Å². The number of amides is 1. The Kier molecular flexibility index (Phi) is 6.09. The van der Waals surface area contributed by atoms with Gasteiger partial charge in [-0.15, -0.1) is 0 Å². The van der Waals surface area contributed by atoms with Gasteiger partial charge in [0, 0.05) is 35.3 Å². The molecule has 1 amide bonds. The minimum atomic E-state index is -2.61. The molecular weight excluding hydrogens is 479 g/mol. The van der Waals surface area contributed by atoms with Crippen LogP contribution < -0.4 is 10.9 Å². The van der Waals surface area contributed by atoms with Gasteiger partial charge in [0.1, 0.15) is 27.6 Å². The van der Waals surface area contributed by atoms with Gasteiger partial charge < -0.3 is 29.6 Å². The lowest BCUT2D eigenvalue weighted by Gasteiger charge is -2.31. The van der Waals surface area contributed by atoms with Gasteiger partial charge in [0.2, 0.25) is 5.91 Å². The van der Waals surface area contributed by atoms with Crippen molar-refractivity contribution in [3.63, 3.8) is 0 Å². The molecule has 12 heteroatoms. The smallest absolute Gasteiger partial charge is 0.257 e. The van der Waals surface area contributed by atoms with Crippen molar-refractivity contribution in [2.45, 2.75) is 50.5 Å². The highest BCUT2D eigenvalue weighted by Crippen LogP contribution is 2.45. The van der Waals surface area contributed by atoms with Crippen LogP contribution in [-0.4, -0.2) is 60.2 Å². The van der Waals surface area contributed by atoms with Crippen LogP contribution in [-0.2, 0) is 33.9 Å². The van der Waals surface area contributed by atoms with E-state index in [9.17, 15) is 29.0 Å². The monoisotopic (exact) mass is 501 g/mol. The zero-order valence-electron chi connectivity index (χ0n) is 20.2. The number of aliphatic hydroxyl groups excluding tert-OH is 1. The van der Waals surface area contributed by atoms with Gasteiger partial charge in [-0.2, -0.15) is 0 Å². The number of pyridine rings is 2. The van der Waals surface area contributed by atoms with Crippen molar-refractivity contribution in [1.82, 2.24) is 14.9 Å². The van der Waals surface area contributed by atoms with Crippen molar-refractivity contribution in [2.24, 2.45) is 0 Å². The van der Waals surface area contributed by atoms with Gasteiger partial charge in [0.15, 0.2) is 6.29 Å². The molecule has 3 aromatic rings. The van der Waals surface area contributed by atoms with Crippen molar-refractivity contribution in [3.05, 3.63) is 61.7 Å². The summed E-state index contributed by atoms with van der Waals surface area (Å²) in [5.74, 6) is -1.44. The first-order valence-electron chi connectivity index (χ1n) is 11.6. The number of methoxy groups -OCH3 is 1. The average Bonchev–Trinajstić information content (AvgIpc) is 3.22. The van der Waals surface area contributed by atoms with Gasteiger partial charge in [-0.25, -0.2) is 9.37 Å². The Morgan fingerprint density at radius 2 is 2.14 bits per heavy atom. The maximum Gasteiger partial charge on any atom is 0.257 e. The first-order chi connectivity index (χ1) is 17.5. The molecule has 5 rings (SSSR count). The molecule has 0 saturated carbocycles. The molecule has 1 aromatic carbocycles. The Morgan fingerprint density at radius 1 is 1.41 bits per heavy atom. The maximum absolute atomic E-state index is 14.9. The third-order valence-electron chi connectivity index (χ3n) is 7.18. The molecule has 3 N–H and O–H groups in total. The van der Waals surface area contributed by atoms with Gasteiger partial charge in [-0.3, -0.25) is 9.59 Å². The summed E-state index contributed by atoms with van der Waals surface area (Å²) in [6, 6.07) is 2.14. The van der Waals surface area contributed by atoms with Crippen molar-refractivity contribution >= 4 is 38.8 Å². The standard InChI is InChI=1S/C25H22B2FN3O6/c1-10-11-3-4-16(30-24(35)25(26,27)36)21-13-7-31-18(22(13)29-17(20(11)21)6-15(10)28)5-12(19(33)8-32)14(9-37-2)23(31)34/h5-6,8,16,19,33,36H,3-4,7,9H2,1-2H3,(H,30,35). The van der Waals surface area contributed by atoms with E-state index in [-0.39, 0.29) is 24.3 Å². The number of hydrogen-bond donors (Lipinski definition) is 3. The summed E-state index contributed by atoms with van der Waals surface area (Å²) >= 11 is 0. The molecule has 0 bridgehead atoms. The molecule has 37 heavy (non-hydrogen) atoms. The topological polar surface area (TPSA) is 131 Å². The number of ether oxygens (including phenoxy) is 1. The Labute approximate surface area is 213 Å². The molecule has 1 aliphatic carbocycles. The molecule has 2 aromatic heterocycles. The fourth-order valence-corrected chi connectivity index (χ4v) is 5.41. The number of aldehydes is 1. The second-order valence-electron chi connectivity index (χ2n) is 9.47. The Hall–Kier alpha value is -3.34. The van der Waals surface area contributed by atoms with Crippen LogP contribution >= 0.6 is 0 Å². The van der Waals surface area contributed by atoms with E-state index in [4.69, 9.17) is 25.4 Å². The normalized spacial score (nSPS) is 16.8. The fourth-order valence-electron chi connectivity index (χ4n) is 5.41. The number of aliphatic hydroxyl groups is 2. The maximum atomic E-state index is 14.9. The van der Waals surface area contributed by atoms with Crippen molar-refractivity contribution in [2.75, 3.05) is 7.11 Å². The first-order valence-corrected chi connectivity index (χ1v) is 11.6. The molecule has 2 aliphatic rings. The molecule has 186 valence electrons. The molecular formula is C25H22B2FN3O6. The number of aryl methyl sites for hydroxylation is 1. The number of rotatable bonds is 6. The van der Waals surface area contributed by atoms with Gasteiger partial charge in [0.25, 0.3) is 5.56 Å². The summed E-state index contributed by atoms with van der Waals surface area (Å²) in [5, 5.41) is 20.8. The van der Waals surface area contributed by atoms with Crippen LogP contribution in [0.1, 0.15) is 51.9 Å². The van der Waals surface area contributed by atoms with Gasteiger partial charge in [0.05, 0.1) is 41.5 Å². The highest BCUT2D eigenvalue weighted by Gasteiger charge is 2.36. The average molecular weight is 501 g/mol. The quantitative estimate of drug-likeness (QED) is 0.257. The molecule has 0 fully saturated rings. The largest absolute Gasteiger partial charge is 0.400 e. The van der Waals surface area contributed by atoms with Gasteiger partial charge >= 0.3 is 0 Å². The molecule has 0 spiro atoms. The van der Waals surface area contributed by atoms with Crippen LogP contribution in [0.15, 0.2) is 16.9 Å². The van der Waals surface area contributed by atoms with E-state index < -0.39 is 34.8 Å². The van der Waals surface area contributed by atoms with E-state index in [0.717, 1.165) is 5.56 Å². The van der Waals surface area contributed by atoms with E-state index in [1.165, 1.54) is 23.8 Å². The Morgan fingerprint density at radius 3 is 2.78 bits per heavy atom. The number of carbonyl (C=O) groups excluding carboxylic acids is 2. The third-order valence-corrected chi connectivity index (χ3v) is 7.18. The number of benzene rings is 1.